The van der Waals surface area contributed by atoms with Crippen molar-refractivity contribution in [1.82, 2.24) is 5.06 Å². The Bertz CT molecular complexity index is 256. The average Bonchev–Trinajstić information content (AvgIpc) is 2.16. The van der Waals surface area contributed by atoms with Crippen molar-refractivity contribution in [3.8, 4) is 6.07 Å². The summed E-state index contributed by atoms with van der Waals surface area (Å²) in [5, 5.41) is 20.2. The van der Waals surface area contributed by atoms with Crippen molar-refractivity contribution >= 4 is 0 Å². The lowest BCUT2D eigenvalue weighted by molar-refractivity contribution is -0.214. The van der Waals surface area contributed by atoms with Gasteiger partial charge in [0.25, 0.3) is 0 Å². The molecule has 0 amide bonds. The van der Waals surface area contributed by atoms with E-state index in [0.29, 0.717) is 0 Å². The first-order chi connectivity index (χ1) is 7.42. The summed E-state index contributed by atoms with van der Waals surface area (Å²) >= 11 is 0. The molecule has 0 fully saturated rings. The number of nitriles is 1. The Balaban J connectivity index is 0. The zero-order chi connectivity index (χ0) is 14.5. The molecule has 0 aliphatic heterocycles. The van der Waals surface area contributed by atoms with Crippen LogP contribution >= 0.6 is 0 Å². The predicted molar refractivity (Wildman–Crippen MR) is 72.8 cm³/mol. The van der Waals surface area contributed by atoms with E-state index in [0.717, 1.165) is 6.42 Å². The van der Waals surface area contributed by atoms with E-state index in [4.69, 9.17) is 5.26 Å². The van der Waals surface area contributed by atoms with E-state index in [2.05, 4.69) is 26.8 Å². The minimum Gasteiger partial charge on any atom is -0.312 e. The molecule has 0 rings (SSSR count). The maximum atomic E-state index is 10.1. The molecule has 0 aromatic heterocycles. The van der Waals surface area contributed by atoms with Crippen LogP contribution in [0.1, 0.15) is 68.7 Å². The quantitative estimate of drug-likeness (QED) is 0.754. The first-order valence-electron chi connectivity index (χ1n) is 6.33. The lowest BCUT2D eigenvalue weighted by Crippen LogP contribution is -2.54. The lowest BCUT2D eigenvalue weighted by atomic mass is 9.80. The maximum Gasteiger partial charge on any atom is 0.127 e. The van der Waals surface area contributed by atoms with Crippen LogP contribution in [-0.4, -0.2) is 21.3 Å². The minimum absolute atomic E-state index is 0.121. The Hall–Kier alpha value is -0.590. The lowest BCUT2D eigenvalue weighted by Gasteiger charge is -2.43. The molecule has 0 aromatic rings. The highest BCUT2D eigenvalue weighted by Gasteiger charge is 2.39. The summed E-state index contributed by atoms with van der Waals surface area (Å²) in [6.07, 6.45) is 0.821. The molecule has 0 spiro atoms. The second kappa shape index (κ2) is 6.37. The summed E-state index contributed by atoms with van der Waals surface area (Å²) < 4.78 is 0. The first-order valence-corrected chi connectivity index (χ1v) is 6.33. The van der Waals surface area contributed by atoms with Gasteiger partial charge in [0, 0.05) is 5.54 Å². The number of nitrogens with zero attached hydrogens (tertiary/aromatic N) is 2. The molecule has 0 saturated carbocycles. The van der Waals surface area contributed by atoms with Crippen LogP contribution < -0.4 is 0 Å². The summed E-state index contributed by atoms with van der Waals surface area (Å²) in [5.74, 6) is 0. The second-order valence-corrected chi connectivity index (χ2v) is 6.53. The molecule has 3 nitrogen and oxygen atoms in total. The van der Waals surface area contributed by atoms with Gasteiger partial charge in [0.1, 0.15) is 5.54 Å². The van der Waals surface area contributed by atoms with Crippen molar-refractivity contribution in [3.63, 3.8) is 0 Å². The van der Waals surface area contributed by atoms with E-state index in [1.807, 2.05) is 27.7 Å². The second-order valence-electron chi connectivity index (χ2n) is 6.53. The molecule has 0 atom stereocenters. The topological polar surface area (TPSA) is 47.3 Å². The van der Waals surface area contributed by atoms with E-state index in [1.54, 1.807) is 13.8 Å². The SMILES string of the molecule is CC.CC(C)(C)CC(C)(C)N(O)C(C)(C)C#N. The van der Waals surface area contributed by atoms with Crippen molar-refractivity contribution in [2.24, 2.45) is 5.41 Å². The van der Waals surface area contributed by atoms with E-state index >= 15 is 0 Å². The van der Waals surface area contributed by atoms with Gasteiger partial charge in [-0.25, -0.2) is 0 Å². The Morgan fingerprint density at radius 1 is 1.00 bits per heavy atom. The van der Waals surface area contributed by atoms with Crippen molar-refractivity contribution < 1.29 is 5.21 Å². The van der Waals surface area contributed by atoms with Crippen molar-refractivity contribution in [2.75, 3.05) is 0 Å². The molecule has 0 aliphatic carbocycles. The third kappa shape index (κ3) is 6.65. The number of hydrogen-bond acceptors (Lipinski definition) is 3. The van der Waals surface area contributed by atoms with Crippen LogP contribution in [0, 0.1) is 16.7 Å². The third-order valence-corrected chi connectivity index (χ3v) is 2.34. The zero-order valence-electron chi connectivity index (χ0n) is 13.0. The Labute approximate surface area is 107 Å². The predicted octanol–water partition coefficient (Wildman–Crippen LogP) is 4.22. The molecule has 102 valence electrons. The van der Waals surface area contributed by atoms with Crippen LogP contribution in [0.25, 0.3) is 0 Å². The first kappa shape index (κ1) is 18.8. The molecular weight excluding hydrogens is 212 g/mol. The highest BCUT2D eigenvalue weighted by atomic mass is 16.5. The summed E-state index contributed by atoms with van der Waals surface area (Å²) in [5.41, 5.74) is -1.14. The Morgan fingerprint density at radius 3 is 1.59 bits per heavy atom. The van der Waals surface area contributed by atoms with Gasteiger partial charge in [-0.15, -0.1) is 0 Å². The van der Waals surface area contributed by atoms with E-state index in [9.17, 15) is 5.21 Å². The van der Waals surface area contributed by atoms with Crippen LogP contribution in [0.4, 0.5) is 0 Å². The van der Waals surface area contributed by atoms with Crippen LogP contribution in [0.5, 0.6) is 0 Å². The summed E-state index contributed by atoms with van der Waals surface area (Å²) in [6, 6.07) is 2.11. The van der Waals surface area contributed by atoms with E-state index in [-0.39, 0.29) is 5.41 Å². The largest absolute Gasteiger partial charge is 0.312 e. The van der Waals surface area contributed by atoms with Crippen LogP contribution in [0.2, 0.25) is 0 Å². The molecule has 17 heavy (non-hydrogen) atoms. The van der Waals surface area contributed by atoms with Crippen LogP contribution in [0.15, 0.2) is 0 Å². The van der Waals surface area contributed by atoms with Gasteiger partial charge in [-0.05, 0) is 39.5 Å². The van der Waals surface area contributed by atoms with Gasteiger partial charge in [0.05, 0.1) is 6.07 Å². The van der Waals surface area contributed by atoms with Crippen LogP contribution in [0.3, 0.4) is 0 Å². The van der Waals surface area contributed by atoms with Gasteiger partial charge in [0.2, 0.25) is 0 Å². The zero-order valence-corrected chi connectivity index (χ0v) is 13.0. The van der Waals surface area contributed by atoms with Gasteiger partial charge in [-0.1, -0.05) is 34.6 Å². The fourth-order valence-corrected chi connectivity index (χ4v) is 2.18. The fraction of sp³-hybridized carbons (Fsp3) is 0.929. The molecule has 0 saturated heterocycles. The van der Waals surface area contributed by atoms with Gasteiger partial charge in [0.15, 0.2) is 0 Å². The fourth-order valence-electron chi connectivity index (χ4n) is 2.18. The van der Waals surface area contributed by atoms with Gasteiger partial charge in [-0.3, -0.25) is 0 Å². The number of hydrogen-bond donors (Lipinski definition) is 1. The monoisotopic (exact) mass is 242 g/mol. The minimum atomic E-state index is -0.852. The average molecular weight is 242 g/mol. The normalized spacial score (nSPS) is 12.8. The number of rotatable bonds is 3. The molecule has 3 heteroatoms. The van der Waals surface area contributed by atoms with E-state index in [1.165, 1.54) is 5.06 Å². The Morgan fingerprint density at radius 2 is 1.35 bits per heavy atom. The molecule has 1 N–H and O–H groups in total. The Kier molecular flexibility index (Phi) is 7.03. The van der Waals surface area contributed by atoms with Crippen molar-refractivity contribution in [1.29, 1.82) is 5.26 Å². The molecule has 0 heterocycles. The summed E-state index contributed by atoms with van der Waals surface area (Å²) in [7, 11) is 0. The van der Waals surface area contributed by atoms with Gasteiger partial charge < -0.3 is 5.21 Å². The molecule has 0 bridgehead atoms. The highest BCUT2D eigenvalue weighted by Crippen LogP contribution is 2.33. The third-order valence-electron chi connectivity index (χ3n) is 2.34. The molecule has 0 aliphatic rings. The molecule has 0 unspecified atom stereocenters. The summed E-state index contributed by atoms with van der Waals surface area (Å²) in [6.45, 7) is 17.7. The van der Waals surface area contributed by atoms with Crippen molar-refractivity contribution in [2.45, 2.75) is 79.8 Å². The molecule has 0 aromatic carbocycles. The van der Waals surface area contributed by atoms with E-state index < -0.39 is 11.1 Å². The van der Waals surface area contributed by atoms with Crippen molar-refractivity contribution in [3.05, 3.63) is 0 Å². The molecular formula is C14H30N2O. The molecule has 0 radical (unpaired) electrons. The highest BCUT2D eigenvalue weighted by molar-refractivity contribution is 5.03. The smallest absolute Gasteiger partial charge is 0.127 e. The summed E-state index contributed by atoms with van der Waals surface area (Å²) in [4.78, 5) is 0. The maximum absolute atomic E-state index is 10.1. The van der Waals surface area contributed by atoms with Gasteiger partial charge >= 0.3 is 0 Å². The van der Waals surface area contributed by atoms with Gasteiger partial charge in [-0.2, -0.15) is 10.3 Å². The standard InChI is InChI=1S/C12H24N2O.C2H6/c1-10(2,3)8-11(4,5)14(15)12(6,7)9-13;1-2/h15H,8H2,1-7H3;1-2H3. The number of hydroxylamine groups is 2. The van der Waals surface area contributed by atoms with Crippen LogP contribution in [-0.2, 0) is 0 Å².